The first-order chi connectivity index (χ1) is 15.5. The molecule has 3 aromatic rings. The van der Waals surface area contributed by atoms with Crippen molar-refractivity contribution in [2.75, 3.05) is 27.3 Å². The SMILES string of the molecule is COc1ccc(-c2cc(C(=O)NN3CCCCC3)c(C)n2-c2ccc(Cl)cc2)c(OC)c1. The van der Waals surface area contributed by atoms with Crippen molar-refractivity contribution in [1.29, 1.82) is 0 Å². The second-order valence-electron chi connectivity index (χ2n) is 7.90. The maximum atomic E-state index is 13.2. The van der Waals surface area contributed by atoms with Gasteiger partial charge < -0.3 is 14.0 Å². The molecule has 1 fully saturated rings. The van der Waals surface area contributed by atoms with E-state index in [-0.39, 0.29) is 5.91 Å². The fourth-order valence-electron chi connectivity index (χ4n) is 4.18. The summed E-state index contributed by atoms with van der Waals surface area (Å²) in [4.78, 5) is 13.2. The van der Waals surface area contributed by atoms with Crippen LogP contribution < -0.4 is 14.9 Å². The fraction of sp³-hybridized carbons (Fsp3) is 0.320. The summed E-state index contributed by atoms with van der Waals surface area (Å²) in [6, 6.07) is 15.2. The molecule has 6 nitrogen and oxygen atoms in total. The molecule has 7 heteroatoms. The van der Waals surface area contributed by atoms with Crippen molar-refractivity contribution < 1.29 is 14.3 Å². The lowest BCUT2D eigenvalue weighted by molar-refractivity contribution is 0.0749. The maximum Gasteiger partial charge on any atom is 0.267 e. The van der Waals surface area contributed by atoms with Crippen LogP contribution >= 0.6 is 11.6 Å². The molecule has 1 aliphatic heterocycles. The van der Waals surface area contributed by atoms with E-state index in [0.29, 0.717) is 22.1 Å². The Hall–Kier alpha value is -2.96. The molecule has 1 aliphatic rings. The topological polar surface area (TPSA) is 55.7 Å². The molecule has 32 heavy (non-hydrogen) atoms. The van der Waals surface area contributed by atoms with Gasteiger partial charge in [-0.15, -0.1) is 0 Å². The van der Waals surface area contributed by atoms with Crippen LogP contribution in [0.25, 0.3) is 16.9 Å². The van der Waals surface area contributed by atoms with Crippen molar-refractivity contribution in [2.45, 2.75) is 26.2 Å². The third kappa shape index (κ3) is 4.47. The maximum absolute atomic E-state index is 13.2. The van der Waals surface area contributed by atoms with E-state index < -0.39 is 0 Å². The highest BCUT2D eigenvalue weighted by Gasteiger charge is 2.23. The van der Waals surface area contributed by atoms with Gasteiger partial charge in [0.2, 0.25) is 0 Å². The summed E-state index contributed by atoms with van der Waals surface area (Å²) in [6.45, 7) is 3.71. The Bertz CT molecular complexity index is 1100. The lowest BCUT2D eigenvalue weighted by Gasteiger charge is -2.26. The number of benzene rings is 2. The number of carbonyl (C=O) groups is 1. The molecule has 0 saturated carbocycles. The molecule has 0 unspecified atom stereocenters. The van der Waals surface area contributed by atoms with Crippen LogP contribution in [-0.4, -0.2) is 42.8 Å². The van der Waals surface area contributed by atoms with Crippen molar-refractivity contribution in [3.63, 3.8) is 0 Å². The Kier molecular flexibility index (Phi) is 6.72. The van der Waals surface area contributed by atoms with Crippen LogP contribution in [0.5, 0.6) is 11.5 Å². The minimum Gasteiger partial charge on any atom is -0.497 e. The molecule has 0 spiro atoms. The van der Waals surface area contributed by atoms with Crippen LogP contribution in [0.3, 0.4) is 0 Å². The quantitative estimate of drug-likeness (QED) is 0.553. The molecule has 168 valence electrons. The summed E-state index contributed by atoms with van der Waals surface area (Å²) < 4.78 is 13.1. The first-order valence-electron chi connectivity index (χ1n) is 10.8. The predicted molar refractivity (Wildman–Crippen MR) is 127 cm³/mol. The van der Waals surface area contributed by atoms with Gasteiger partial charge in [0, 0.05) is 41.1 Å². The smallest absolute Gasteiger partial charge is 0.267 e. The number of nitrogens with one attached hydrogen (secondary N) is 1. The van der Waals surface area contributed by atoms with E-state index in [4.69, 9.17) is 21.1 Å². The Morgan fingerprint density at radius 3 is 2.34 bits per heavy atom. The normalized spacial score (nSPS) is 14.2. The van der Waals surface area contributed by atoms with E-state index in [9.17, 15) is 4.79 Å². The summed E-state index contributed by atoms with van der Waals surface area (Å²) in [5.41, 5.74) is 7.18. The number of hydrogen-bond donors (Lipinski definition) is 1. The summed E-state index contributed by atoms with van der Waals surface area (Å²) in [5, 5.41) is 2.67. The number of amides is 1. The van der Waals surface area contributed by atoms with Gasteiger partial charge in [0.15, 0.2) is 0 Å². The van der Waals surface area contributed by atoms with E-state index in [2.05, 4.69) is 9.99 Å². The highest BCUT2D eigenvalue weighted by atomic mass is 35.5. The summed E-state index contributed by atoms with van der Waals surface area (Å²) in [6.07, 6.45) is 3.40. The number of methoxy groups -OCH3 is 2. The van der Waals surface area contributed by atoms with Crippen molar-refractivity contribution in [3.05, 3.63) is 64.8 Å². The average Bonchev–Trinajstić information content (AvgIpc) is 3.16. The number of ether oxygens (including phenoxy) is 2. The standard InChI is InChI=1S/C25H28ClN3O3/c1-17-22(25(30)27-28-13-5-4-6-14-28)16-23(29(17)19-9-7-18(26)8-10-19)21-12-11-20(31-2)15-24(21)32-3/h7-12,15-16H,4-6,13-14H2,1-3H3,(H,27,30). The monoisotopic (exact) mass is 453 g/mol. The van der Waals surface area contributed by atoms with E-state index in [0.717, 1.165) is 48.6 Å². The number of hydrazine groups is 1. The minimum atomic E-state index is -0.106. The molecule has 1 aromatic heterocycles. The number of halogens is 1. The van der Waals surface area contributed by atoms with Crippen LogP contribution in [0, 0.1) is 6.92 Å². The van der Waals surface area contributed by atoms with Gasteiger partial charge in [0.05, 0.1) is 25.5 Å². The second-order valence-corrected chi connectivity index (χ2v) is 8.33. The lowest BCUT2D eigenvalue weighted by Crippen LogP contribution is -2.45. The number of hydrogen-bond acceptors (Lipinski definition) is 4. The van der Waals surface area contributed by atoms with Gasteiger partial charge in [0.25, 0.3) is 5.91 Å². The van der Waals surface area contributed by atoms with Gasteiger partial charge in [-0.05, 0) is 62.2 Å². The largest absolute Gasteiger partial charge is 0.497 e. The summed E-state index contributed by atoms with van der Waals surface area (Å²) in [7, 11) is 3.25. The number of piperidine rings is 1. The third-order valence-electron chi connectivity index (χ3n) is 5.88. The Labute approximate surface area is 193 Å². The Morgan fingerprint density at radius 1 is 0.969 bits per heavy atom. The molecule has 4 rings (SSSR count). The van der Waals surface area contributed by atoms with Crippen LogP contribution in [0.4, 0.5) is 0 Å². The van der Waals surface area contributed by atoms with Gasteiger partial charge in [-0.25, -0.2) is 5.01 Å². The predicted octanol–water partition coefficient (Wildman–Crippen LogP) is 5.25. The first-order valence-corrected chi connectivity index (χ1v) is 11.2. The number of carbonyl (C=O) groups excluding carboxylic acids is 1. The molecule has 0 radical (unpaired) electrons. The minimum absolute atomic E-state index is 0.106. The van der Waals surface area contributed by atoms with E-state index in [1.807, 2.05) is 60.5 Å². The third-order valence-corrected chi connectivity index (χ3v) is 6.13. The van der Waals surface area contributed by atoms with Crippen molar-refractivity contribution in [1.82, 2.24) is 15.0 Å². The Balaban J connectivity index is 1.82. The van der Waals surface area contributed by atoms with E-state index >= 15 is 0 Å². The van der Waals surface area contributed by atoms with E-state index in [1.165, 1.54) is 6.42 Å². The van der Waals surface area contributed by atoms with Crippen molar-refractivity contribution in [2.24, 2.45) is 0 Å². The van der Waals surface area contributed by atoms with Crippen LogP contribution in [-0.2, 0) is 0 Å². The van der Waals surface area contributed by atoms with Gasteiger partial charge in [-0.3, -0.25) is 10.2 Å². The van der Waals surface area contributed by atoms with E-state index in [1.54, 1.807) is 14.2 Å². The number of aromatic nitrogens is 1. The molecule has 2 heterocycles. The number of rotatable bonds is 6. The zero-order valence-electron chi connectivity index (χ0n) is 18.7. The molecule has 0 atom stereocenters. The fourth-order valence-corrected chi connectivity index (χ4v) is 4.30. The van der Waals surface area contributed by atoms with Crippen LogP contribution in [0.15, 0.2) is 48.5 Å². The van der Waals surface area contributed by atoms with Crippen molar-refractivity contribution >= 4 is 17.5 Å². The molecule has 1 amide bonds. The van der Waals surface area contributed by atoms with Gasteiger partial charge in [-0.1, -0.05) is 18.0 Å². The van der Waals surface area contributed by atoms with Crippen molar-refractivity contribution in [3.8, 4) is 28.4 Å². The number of nitrogens with zero attached hydrogens (tertiary/aromatic N) is 2. The van der Waals surface area contributed by atoms with Crippen LogP contribution in [0.1, 0.15) is 35.3 Å². The molecular formula is C25H28ClN3O3. The van der Waals surface area contributed by atoms with Gasteiger partial charge in [-0.2, -0.15) is 0 Å². The molecule has 0 aliphatic carbocycles. The van der Waals surface area contributed by atoms with Gasteiger partial charge in [0.1, 0.15) is 11.5 Å². The molecule has 0 bridgehead atoms. The second kappa shape index (κ2) is 9.67. The zero-order chi connectivity index (χ0) is 22.7. The summed E-state index contributed by atoms with van der Waals surface area (Å²) >= 11 is 6.13. The highest BCUT2D eigenvalue weighted by molar-refractivity contribution is 6.30. The van der Waals surface area contributed by atoms with Crippen LogP contribution in [0.2, 0.25) is 5.02 Å². The average molecular weight is 454 g/mol. The zero-order valence-corrected chi connectivity index (χ0v) is 19.4. The highest BCUT2D eigenvalue weighted by Crippen LogP contribution is 2.37. The molecule has 2 aromatic carbocycles. The molecular weight excluding hydrogens is 426 g/mol. The Morgan fingerprint density at radius 2 is 1.69 bits per heavy atom. The molecule has 1 saturated heterocycles. The first kappa shape index (κ1) is 22.2. The van der Waals surface area contributed by atoms with Gasteiger partial charge >= 0.3 is 0 Å². The molecule has 1 N–H and O–H groups in total. The summed E-state index contributed by atoms with van der Waals surface area (Å²) in [5.74, 6) is 1.26. The lowest BCUT2D eigenvalue weighted by atomic mass is 10.1.